The van der Waals surface area contributed by atoms with Gasteiger partial charge in [0.2, 0.25) is 0 Å². The van der Waals surface area contributed by atoms with E-state index < -0.39 is 5.97 Å². The monoisotopic (exact) mass is 222 g/mol. The second-order valence-electron chi connectivity index (χ2n) is 3.38. The van der Waals surface area contributed by atoms with Gasteiger partial charge in [-0.1, -0.05) is 50.1 Å². The van der Waals surface area contributed by atoms with Gasteiger partial charge in [0, 0.05) is 12.0 Å². The van der Waals surface area contributed by atoms with Gasteiger partial charge in [0.05, 0.1) is 0 Å². The first-order valence-electron chi connectivity index (χ1n) is 5.42. The number of unbranched alkanes of at least 4 members (excludes halogenated alkanes) is 2. The smallest absolute Gasteiger partial charge is 0.303 e. The lowest BCUT2D eigenvalue weighted by atomic mass is 10.2. The van der Waals surface area contributed by atoms with E-state index in [0.717, 1.165) is 31.1 Å². The highest BCUT2D eigenvalue weighted by Gasteiger charge is 1.92. The van der Waals surface area contributed by atoms with E-state index in [2.05, 4.69) is 6.92 Å². The summed E-state index contributed by atoms with van der Waals surface area (Å²) >= 11 is 0. The maximum absolute atomic E-state index is 10.0. The van der Waals surface area contributed by atoms with Crippen LogP contribution in [0.5, 0.6) is 0 Å². The minimum Gasteiger partial charge on any atom is -0.481 e. The molecule has 0 unspecified atom stereocenters. The maximum Gasteiger partial charge on any atom is 0.303 e. The number of benzene rings is 1. The zero-order valence-electron chi connectivity index (χ0n) is 9.56. The number of aliphatic carboxylic acids is 1. The zero-order valence-corrected chi connectivity index (χ0v) is 9.56. The normalized spacial score (nSPS) is 8.81. The Bertz CT molecular complexity index is 293. The van der Waals surface area contributed by atoms with E-state index in [9.17, 15) is 9.59 Å². The molecule has 0 atom stereocenters. The van der Waals surface area contributed by atoms with Crippen molar-refractivity contribution in [3.63, 3.8) is 0 Å². The molecule has 1 rings (SSSR count). The Morgan fingerprint density at radius 2 is 1.88 bits per heavy atom. The van der Waals surface area contributed by atoms with Crippen molar-refractivity contribution < 1.29 is 14.7 Å². The SMILES string of the molecule is CCCCCC(=O)O.O=Cc1ccccc1. The molecule has 3 nitrogen and oxygen atoms in total. The average molecular weight is 222 g/mol. The predicted molar refractivity (Wildman–Crippen MR) is 63.6 cm³/mol. The molecule has 0 heterocycles. The van der Waals surface area contributed by atoms with Crippen LogP contribution < -0.4 is 0 Å². The first-order chi connectivity index (χ1) is 7.70. The lowest BCUT2D eigenvalue weighted by Crippen LogP contribution is -1.92. The van der Waals surface area contributed by atoms with Crippen LogP contribution in [0, 0.1) is 0 Å². The number of carboxylic acids is 1. The van der Waals surface area contributed by atoms with E-state index in [4.69, 9.17) is 5.11 Å². The topological polar surface area (TPSA) is 54.4 Å². The Morgan fingerprint density at radius 3 is 2.25 bits per heavy atom. The maximum atomic E-state index is 10.0. The van der Waals surface area contributed by atoms with Crippen LogP contribution in [0.2, 0.25) is 0 Å². The lowest BCUT2D eigenvalue weighted by Gasteiger charge is -1.89. The van der Waals surface area contributed by atoms with E-state index in [1.165, 1.54) is 0 Å². The van der Waals surface area contributed by atoms with E-state index in [0.29, 0.717) is 6.42 Å². The Hall–Kier alpha value is -1.64. The number of hydrogen-bond acceptors (Lipinski definition) is 2. The summed E-state index contributed by atoms with van der Waals surface area (Å²) in [4.78, 5) is 19.9. The van der Waals surface area contributed by atoms with Gasteiger partial charge in [-0.3, -0.25) is 9.59 Å². The third kappa shape index (κ3) is 8.94. The molecule has 16 heavy (non-hydrogen) atoms. The summed E-state index contributed by atoms with van der Waals surface area (Å²) in [5.41, 5.74) is 0.729. The standard InChI is InChI=1S/C7H6O.C6H12O2/c8-6-7-4-2-1-3-5-7;1-2-3-4-5-6(7)8/h1-6H;2-5H2,1H3,(H,7,8). The number of aldehydes is 1. The van der Waals surface area contributed by atoms with Gasteiger partial charge in [-0.2, -0.15) is 0 Å². The van der Waals surface area contributed by atoms with E-state index in [-0.39, 0.29) is 0 Å². The minimum atomic E-state index is -0.682. The Balaban J connectivity index is 0.000000281. The van der Waals surface area contributed by atoms with Crippen molar-refractivity contribution in [2.24, 2.45) is 0 Å². The van der Waals surface area contributed by atoms with Gasteiger partial charge in [0.1, 0.15) is 6.29 Å². The first-order valence-corrected chi connectivity index (χ1v) is 5.42. The number of carbonyl (C=O) groups excluding carboxylic acids is 1. The largest absolute Gasteiger partial charge is 0.481 e. The van der Waals surface area contributed by atoms with Crippen LogP contribution in [0.15, 0.2) is 30.3 Å². The Labute approximate surface area is 96.1 Å². The summed E-state index contributed by atoms with van der Waals surface area (Å²) in [5.74, 6) is -0.682. The summed E-state index contributed by atoms with van der Waals surface area (Å²) in [6.45, 7) is 2.06. The minimum absolute atomic E-state index is 0.327. The van der Waals surface area contributed by atoms with Crippen molar-refractivity contribution >= 4 is 12.3 Å². The summed E-state index contributed by atoms with van der Waals surface area (Å²) in [5, 5.41) is 8.14. The fourth-order valence-corrected chi connectivity index (χ4v) is 1.06. The van der Waals surface area contributed by atoms with Crippen LogP contribution >= 0.6 is 0 Å². The molecule has 0 amide bonds. The van der Waals surface area contributed by atoms with Crippen molar-refractivity contribution in [3.8, 4) is 0 Å². The molecule has 1 N–H and O–H groups in total. The molecular formula is C13H18O3. The molecule has 88 valence electrons. The van der Waals surface area contributed by atoms with E-state index in [1.54, 1.807) is 12.1 Å². The second-order valence-corrected chi connectivity index (χ2v) is 3.38. The molecule has 0 aliphatic carbocycles. The molecule has 1 aromatic rings. The van der Waals surface area contributed by atoms with Gasteiger partial charge in [-0.15, -0.1) is 0 Å². The van der Waals surface area contributed by atoms with Gasteiger partial charge in [-0.05, 0) is 6.42 Å². The second kappa shape index (κ2) is 9.90. The highest BCUT2D eigenvalue weighted by Crippen LogP contribution is 1.97. The number of rotatable bonds is 5. The van der Waals surface area contributed by atoms with Crippen molar-refractivity contribution in [1.29, 1.82) is 0 Å². The quantitative estimate of drug-likeness (QED) is 0.615. The van der Waals surface area contributed by atoms with Crippen LogP contribution in [-0.2, 0) is 4.79 Å². The molecule has 1 aromatic carbocycles. The molecule has 0 saturated carbocycles. The van der Waals surface area contributed by atoms with Gasteiger partial charge < -0.3 is 5.11 Å². The average Bonchev–Trinajstić information content (AvgIpc) is 2.31. The van der Waals surface area contributed by atoms with Crippen LogP contribution in [0.4, 0.5) is 0 Å². The van der Waals surface area contributed by atoms with Gasteiger partial charge >= 0.3 is 5.97 Å². The Kier molecular flexibility index (Phi) is 8.88. The van der Waals surface area contributed by atoms with Gasteiger partial charge in [0.15, 0.2) is 0 Å². The number of carboxylic acid groups (broad SMARTS) is 1. The lowest BCUT2D eigenvalue weighted by molar-refractivity contribution is -0.137. The summed E-state index contributed by atoms with van der Waals surface area (Å²) < 4.78 is 0. The predicted octanol–water partition coefficient (Wildman–Crippen LogP) is 3.15. The van der Waals surface area contributed by atoms with Gasteiger partial charge in [-0.25, -0.2) is 0 Å². The van der Waals surface area contributed by atoms with Crippen molar-refractivity contribution in [2.45, 2.75) is 32.6 Å². The molecule has 0 radical (unpaired) electrons. The summed E-state index contributed by atoms with van der Waals surface area (Å²) in [6, 6.07) is 9.10. The molecule has 0 spiro atoms. The molecule has 3 heteroatoms. The fourth-order valence-electron chi connectivity index (χ4n) is 1.06. The first kappa shape index (κ1) is 14.4. The van der Waals surface area contributed by atoms with E-state index in [1.807, 2.05) is 18.2 Å². The molecule has 0 aliphatic heterocycles. The van der Waals surface area contributed by atoms with Gasteiger partial charge in [0.25, 0.3) is 0 Å². The number of carbonyl (C=O) groups is 2. The molecule has 0 fully saturated rings. The highest BCUT2D eigenvalue weighted by molar-refractivity contribution is 5.74. The molecule has 0 bridgehead atoms. The van der Waals surface area contributed by atoms with Crippen LogP contribution in [0.1, 0.15) is 43.0 Å². The molecule has 0 aromatic heterocycles. The van der Waals surface area contributed by atoms with Crippen molar-refractivity contribution in [3.05, 3.63) is 35.9 Å². The fraction of sp³-hybridized carbons (Fsp3) is 0.385. The zero-order chi connectivity index (χ0) is 12.2. The summed E-state index contributed by atoms with van der Waals surface area (Å²) in [6.07, 6.45) is 4.11. The third-order valence-electron chi connectivity index (χ3n) is 1.93. The van der Waals surface area contributed by atoms with Crippen LogP contribution in [-0.4, -0.2) is 17.4 Å². The number of hydrogen-bond donors (Lipinski definition) is 1. The van der Waals surface area contributed by atoms with Crippen LogP contribution in [0.3, 0.4) is 0 Å². The van der Waals surface area contributed by atoms with Crippen molar-refractivity contribution in [2.75, 3.05) is 0 Å². The van der Waals surface area contributed by atoms with Crippen molar-refractivity contribution in [1.82, 2.24) is 0 Å². The molecule has 0 saturated heterocycles. The summed E-state index contributed by atoms with van der Waals surface area (Å²) in [7, 11) is 0. The Morgan fingerprint density at radius 1 is 1.25 bits per heavy atom. The molecular weight excluding hydrogens is 204 g/mol. The third-order valence-corrected chi connectivity index (χ3v) is 1.93. The molecule has 0 aliphatic rings. The van der Waals surface area contributed by atoms with E-state index >= 15 is 0 Å². The highest BCUT2D eigenvalue weighted by atomic mass is 16.4. The van der Waals surface area contributed by atoms with Crippen LogP contribution in [0.25, 0.3) is 0 Å².